The molecule has 2 aromatic carbocycles. The largest absolute Gasteiger partial charge is 0.493 e. The number of halogens is 1. The SMILES string of the molecule is CCCOc1ccc(Br)cc1-c1nn(-c2ccccc2)c(C(=O)OC)c1C(=O)OC. The fourth-order valence-electron chi connectivity index (χ4n) is 2.97. The van der Waals surface area contributed by atoms with Gasteiger partial charge in [-0.1, -0.05) is 41.1 Å². The highest BCUT2D eigenvalue weighted by molar-refractivity contribution is 9.10. The Hall–Kier alpha value is -3.13. The lowest BCUT2D eigenvalue weighted by molar-refractivity contribution is 0.0549. The second-order valence-corrected chi connectivity index (χ2v) is 7.21. The van der Waals surface area contributed by atoms with Crippen LogP contribution < -0.4 is 4.74 Å². The maximum Gasteiger partial charge on any atom is 0.357 e. The van der Waals surface area contributed by atoms with E-state index in [1.54, 1.807) is 24.3 Å². The minimum absolute atomic E-state index is 0.00708. The van der Waals surface area contributed by atoms with E-state index in [4.69, 9.17) is 14.2 Å². The van der Waals surface area contributed by atoms with Gasteiger partial charge in [-0.25, -0.2) is 14.3 Å². The fourth-order valence-corrected chi connectivity index (χ4v) is 3.33. The first-order valence-electron chi connectivity index (χ1n) is 9.29. The van der Waals surface area contributed by atoms with Gasteiger partial charge in [-0.15, -0.1) is 0 Å². The first kappa shape index (κ1) is 21.6. The molecule has 156 valence electrons. The lowest BCUT2D eigenvalue weighted by Gasteiger charge is -2.11. The predicted molar refractivity (Wildman–Crippen MR) is 115 cm³/mol. The molecule has 7 nitrogen and oxygen atoms in total. The van der Waals surface area contributed by atoms with Crippen molar-refractivity contribution in [3.63, 3.8) is 0 Å². The molecule has 0 unspecified atom stereocenters. The average Bonchev–Trinajstić information content (AvgIpc) is 3.18. The Balaban J connectivity index is 2.35. The van der Waals surface area contributed by atoms with Crippen LogP contribution in [0.3, 0.4) is 0 Å². The molecule has 0 atom stereocenters. The van der Waals surface area contributed by atoms with Crippen LogP contribution in [0.4, 0.5) is 0 Å². The quantitative estimate of drug-likeness (QED) is 0.465. The Morgan fingerprint density at radius 3 is 2.37 bits per heavy atom. The molecule has 0 aliphatic carbocycles. The zero-order chi connectivity index (χ0) is 21.7. The van der Waals surface area contributed by atoms with Gasteiger partial charge < -0.3 is 14.2 Å². The Kier molecular flexibility index (Phi) is 6.89. The van der Waals surface area contributed by atoms with Gasteiger partial charge in [0.2, 0.25) is 0 Å². The summed E-state index contributed by atoms with van der Waals surface area (Å²) in [4.78, 5) is 25.5. The zero-order valence-corrected chi connectivity index (χ0v) is 18.4. The average molecular weight is 473 g/mol. The molecule has 30 heavy (non-hydrogen) atoms. The lowest BCUT2D eigenvalue weighted by Crippen LogP contribution is -2.15. The molecule has 8 heteroatoms. The molecular weight excluding hydrogens is 452 g/mol. The molecule has 0 aliphatic heterocycles. The number of hydrogen-bond donors (Lipinski definition) is 0. The summed E-state index contributed by atoms with van der Waals surface area (Å²) in [7, 11) is 2.50. The normalized spacial score (nSPS) is 10.5. The Morgan fingerprint density at radius 1 is 1.03 bits per heavy atom. The molecule has 0 N–H and O–H groups in total. The number of benzene rings is 2. The number of methoxy groups -OCH3 is 2. The summed E-state index contributed by atoms with van der Waals surface area (Å²) in [5, 5.41) is 4.61. The molecular formula is C22H21BrN2O5. The molecule has 0 saturated carbocycles. The zero-order valence-electron chi connectivity index (χ0n) is 16.8. The summed E-state index contributed by atoms with van der Waals surface area (Å²) in [6.45, 7) is 2.49. The molecule has 0 amide bonds. The van der Waals surface area contributed by atoms with Crippen LogP contribution in [0.2, 0.25) is 0 Å². The maximum absolute atomic E-state index is 12.8. The summed E-state index contributed by atoms with van der Waals surface area (Å²) < 4.78 is 18.0. The van der Waals surface area contributed by atoms with Crippen LogP contribution in [0.15, 0.2) is 53.0 Å². The van der Waals surface area contributed by atoms with Gasteiger partial charge in [0.15, 0.2) is 5.69 Å². The van der Waals surface area contributed by atoms with Gasteiger partial charge in [-0.2, -0.15) is 5.10 Å². The standard InChI is InChI=1S/C22H21BrN2O5/c1-4-12-30-17-11-10-14(23)13-16(17)19-18(21(26)28-2)20(22(27)29-3)25(24-19)15-8-6-5-7-9-15/h5-11,13H,4,12H2,1-3H3. The minimum atomic E-state index is -0.705. The van der Waals surface area contributed by atoms with E-state index in [0.717, 1.165) is 10.9 Å². The third kappa shape index (κ3) is 4.23. The third-order valence-electron chi connectivity index (χ3n) is 4.31. The van der Waals surface area contributed by atoms with Gasteiger partial charge in [0, 0.05) is 10.0 Å². The van der Waals surface area contributed by atoms with Crippen molar-refractivity contribution in [1.82, 2.24) is 9.78 Å². The van der Waals surface area contributed by atoms with Crippen molar-refractivity contribution in [2.45, 2.75) is 13.3 Å². The highest BCUT2D eigenvalue weighted by Crippen LogP contribution is 2.36. The lowest BCUT2D eigenvalue weighted by atomic mass is 10.0. The number of hydrogen-bond acceptors (Lipinski definition) is 6. The molecule has 0 spiro atoms. The monoisotopic (exact) mass is 472 g/mol. The molecule has 3 aromatic rings. The van der Waals surface area contributed by atoms with E-state index in [9.17, 15) is 9.59 Å². The van der Waals surface area contributed by atoms with Crippen molar-refractivity contribution in [3.05, 3.63) is 64.3 Å². The first-order chi connectivity index (χ1) is 14.5. The van der Waals surface area contributed by atoms with Crippen molar-refractivity contribution in [2.24, 2.45) is 0 Å². The van der Waals surface area contributed by atoms with Gasteiger partial charge in [0.25, 0.3) is 0 Å². The molecule has 0 radical (unpaired) electrons. The number of carbonyl (C=O) groups excluding carboxylic acids is 2. The van der Waals surface area contributed by atoms with Gasteiger partial charge >= 0.3 is 11.9 Å². The number of para-hydroxylation sites is 1. The number of ether oxygens (including phenoxy) is 3. The Bertz CT molecular complexity index is 1060. The van der Waals surface area contributed by atoms with Gasteiger partial charge in [-0.3, -0.25) is 0 Å². The van der Waals surface area contributed by atoms with Crippen LogP contribution in [0.5, 0.6) is 5.75 Å². The smallest absolute Gasteiger partial charge is 0.357 e. The summed E-state index contributed by atoms with van der Waals surface area (Å²) in [5.74, 6) is -0.864. The second kappa shape index (κ2) is 9.58. The van der Waals surface area contributed by atoms with Crippen LogP contribution >= 0.6 is 15.9 Å². The highest BCUT2D eigenvalue weighted by atomic mass is 79.9. The summed E-state index contributed by atoms with van der Waals surface area (Å²) >= 11 is 3.46. The Labute approximate surface area is 182 Å². The van der Waals surface area contributed by atoms with Crippen LogP contribution in [-0.2, 0) is 9.47 Å². The number of esters is 2. The second-order valence-electron chi connectivity index (χ2n) is 6.29. The first-order valence-corrected chi connectivity index (χ1v) is 10.1. The third-order valence-corrected chi connectivity index (χ3v) is 4.81. The highest BCUT2D eigenvalue weighted by Gasteiger charge is 2.32. The maximum atomic E-state index is 12.8. The predicted octanol–water partition coefficient (Wildman–Crippen LogP) is 4.66. The van der Waals surface area contributed by atoms with E-state index in [1.165, 1.54) is 18.9 Å². The number of rotatable bonds is 7. The van der Waals surface area contributed by atoms with Gasteiger partial charge in [-0.05, 0) is 36.8 Å². The number of aromatic nitrogens is 2. The van der Waals surface area contributed by atoms with Gasteiger partial charge in [0.1, 0.15) is 17.0 Å². The molecule has 1 heterocycles. The Morgan fingerprint density at radius 2 is 1.73 bits per heavy atom. The van der Waals surface area contributed by atoms with Crippen molar-refractivity contribution in [2.75, 3.05) is 20.8 Å². The summed E-state index contributed by atoms with van der Waals surface area (Å²) in [6.07, 6.45) is 0.811. The molecule has 1 aromatic heterocycles. The van der Waals surface area contributed by atoms with Crippen molar-refractivity contribution >= 4 is 27.9 Å². The van der Waals surface area contributed by atoms with Crippen molar-refractivity contribution in [1.29, 1.82) is 0 Å². The van der Waals surface area contributed by atoms with E-state index in [0.29, 0.717) is 23.6 Å². The number of nitrogens with zero attached hydrogens (tertiary/aromatic N) is 2. The molecule has 0 fully saturated rings. The molecule has 0 bridgehead atoms. The van der Waals surface area contributed by atoms with E-state index in [1.807, 2.05) is 31.2 Å². The fraction of sp³-hybridized carbons (Fsp3) is 0.227. The summed E-state index contributed by atoms with van der Waals surface area (Å²) in [6, 6.07) is 14.4. The van der Waals surface area contributed by atoms with E-state index in [2.05, 4.69) is 21.0 Å². The van der Waals surface area contributed by atoms with Crippen LogP contribution in [0.1, 0.15) is 34.2 Å². The summed E-state index contributed by atoms with van der Waals surface area (Å²) in [5.41, 5.74) is 1.40. The molecule has 0 aliphatic rings. The van der Waals surface area contributed by atoms with Crippen molar-refractivity contribution in [3.8, 4) is 22.7 Å². The van der Waals surface area contributed by atoms with Crippen LogP contribution in [-0.4, -0.2) is 42.5 Å². The van der Waals surface area contributed by atoms with E-state index >= 15 is 0 Å². The van der Waals surface area contributed by atoms with Crippen molar-refractivity contribution < 1.29 is 23.8 Å². The molecule has 0 saturated heterocycles. The number of carbonyl (C=O) groups is 2. The molecule has 3 rings (SSSR count). The van der Waals surface area contributed by atoms with Gasteiger partial charge in [0.05, 0.1) is 26.5 Å². The topological polar surface area (TPSA) is 79.7 Å². The minimum Gasteiger partial charge on any atom is -0.493 e. The van der Waals surface area contributed by atoms with Crippen LogP contribution in [0, 0.1) is 0 Å². The van der Waals surface area contributed by atoms with E-state index in [-0.39, 0.29) is 17.0 Å². The van der Waals surface area contributed by atoms with E-state index < -0.39 is 11.9 Å². The van der Waals surface area contributed by atoms with Crippen LogP contribution in [0.25, 0.3) is 16.9 Å².